The first-order valence-electron chi connectivity index (χ1n) is 7.67. The molecule has 0 aromatic heterocycles. The Bertz CT molecular complexity index is 421. The zero-order valence-corrected chi connectivity index (χ0v) is 12.9. The molecule has 1 aliphatic rings. The minimum atomic E-state index is 0.286. The molecule has 1 N–H and O–H groups in total. The average Bonchev–Trinajstić information content (AvgIpc) is 2.62. The topological polar surface area (TPSA) is 15.3 Å². The second-order valence-corrected chi connectivity index (χ2v) is 5.98. The number of rotatable bonds is 3. The van der Waals surface area contributed by atoms with Crippen LogP contribution in [-0.2, 0) is 0 Å². The van der Waals surface area contributed by atoms with E-state index in [9.17, 15) is 0 Å². The van der Waals surface area contributed by atoms with Gasteiger partial charge in [0.15, 0.2) is 0 Å². The minimum absolute atomic E-state index is 0.286. The van der Waals surface area contributed by atoms with Crippen LogP contribution in [0.1, 0.15) is 44.2 Å². The summed E-state index contributed by atoms with van der Waals surface area (Å²) in [5, 5.41) is 3.78. The summed E-state index contributed by atoms with van der Waals surface area (Å²) in [6.07, 6.45) is 3.63. The van der Waals surface area contributed by atoms with Gasteiger partial charge in [0, 0.05) is 24.3 Å². The van der Waals surface area contributed by atoms with Gasteiger partial charge in [0.2, 0.25) is 0 Å². The number of benzene rings is 1. The maximum atomic E-state index is 3.78. The van der Waals surface area contributed by atoms with Crippen LogP contribution in [0.25, 0.3) is 0 Å². The van der Waals surface area contributed by atoms with Gasteiger partial charge < -0.3 is 10.2 Å². The summed E-state index contributed by atoms with van der Waals surface area (Å²) in [5.74, 6) is 0. The van der Waals surface area contributed by atoms with E-state index in [4.69, 9.17) is 0 Å². The first-order valence-corrected chi connectivity index (χ1v) is 7.67. The third-order valence-corrected chi connectivity index (χ3v) is 4.64. The molecule has 1 aromatic rings. The van der Waals surface area contributed by atoms with Crippen LogP contribution >= 0.6 is 0 Å². The highest BCUT2D eigenvalue weighted by molar-refractivity contribution is 5.55. The smallest absolute Gasteiger partial charge is 0.0396 e. The highest BCUT2D eigenvalue weighted by Gasteiger charge is 2.30. The van der Waals surface area contributed by atoms with Crippen LogP contribution in [-0.4, -0.2) is 25.2 Å². The number of anilines is 1. The van der Waals surface area contributed by atoms with Crippen LogP contribution in [0, 0.1) is 13.8 Å². The van der Waals surface area contributed by atoms with Crippen LogP contribution < -0.4 is 10.2 Å². The predicted molar refractivity (Wildman–Crippen MR) is 84.1 cm³/mol. The molecule has 1 aliphatic heterocycles. The normalized spacial score (nSPS) is 19.3. The number of hydrogen-bond donors (Lipinski definition) is 1. The van der Waals surface area contributed by atoms with Crippen LogP contribution in [0.3, 0.4) is 0 Å². The number of nitrogens with zero attached hydrogens (tertiary/aromatic N) is 1. The fourth-order valence-corrected chi connectivity index (χ4v) is 3.21. The van der Waals surface area contributed by atoms with Gasteiger partial charge in [0.05, 0.1) is 0 Å². The van der Waals surface area contributed by atoms with Crippen molar-refractivity contribution in [3.05, 3.63) is 29.3 Å². The van der Waals surface area contributed by atoms with Gasteiger partial charge in [-0.15, -0.1) is 0 Å². The van der Waals surface area contributed by atoms with Gasteiger partial charge in [0.25, 0.3) is 0 Å². The molecule has 1 heterocycles. The first kappa shape index (κ1) is 14.4. The molecule has 1 saturated heterocycles. The highest BCUT2D eigenvalue weighted by Crippen LogP contribution is 2.27. The Morgan fingerprint density at radius 2 is 1.95 bits per heavy atom. The Morgan fingerprint density at radius 1 is 1.21 bits per heavy atom. The third kappa shape index (κ3) is 3.11. The lowest BCUT2D eigenvalue weighted by atomic mass is 9.92. The lowest BCUT2D eigenvalue weighted by Crippen LogP contribution is -2.50. The summed E-state index contributed by atoms with van der Waals surface area (Å²) in [6.45, 7) is 12.5. The van der Waals surface area contributed by atoms with E-state index < -0.39 is 0 Å². The summed E-state index contributed by atoms with van der Waals surface area (Å²) in [7, 11) is 0. The largest absolute Gasteiger partial charge is 0.369 e. The molecule has 2 rings (SSSR count). The zero-order chi connectivity index (χ0) is 13.9. The van der Waals surface area contributed by atoms with Crippen LogP contribution in [0.2, 0.25) is 0 Å². The van der Waals surface area contributed by atoms with E-state index in [0.717, 1.165) is 13.1 Å². The van der Waals surface area contributed by atoms with E-state index in [1.54, 1.807) is 0 Å². The van der Waals surface area contributed by atoms with E-state index in [-0.39, 0.29) is 5.54 Å². The standard InChI is InChI=1S/C17H28N2/c1-5-17(6-2)13-19(11-7-10-18-17)16-9-8-14(3)12-15(16)4/h8-9,12,18H,5-7,10-11,13H2,1-4H3. The van der Waals surface area contributed by atoms with Gasteiger partial charge in [-0.3, -0.25) is 0 Å². The Kier molecular flexibility index (Phi) is 4.51. The minimum Gasteiger partial charge on any atom is -0.369 e. The Labute approximate surface area is 118 Å². The Morgan fingerprint density at radius 3 is 2.58 bits per heavy atom. The molecule has 0 amide bonds. The van der Waals surface area contributed by atoms with Gasteiger partial charge >= 0.3 is 0 Å². The number of aryl methyl sites for hydroxylation is 2. The lowest BCUT2D eigenvalue weighted by molar-refractivity contribution is 0.321. The molecule has 1 aromatic carbocycles. The fraction of sp³-hybridized carbons (Fsp3) is 0.647. The summed E-state index contributed by atoms with van der Waals surface area (Å²) in [6, 6.07) is 6.83. The van der Waals surface area contributed by atoms with Gasteiger partial charge in [0.1, 0.15) is 0 Å². The predicted octanol–water partition coefficient (Wildman–Crippen LogP) is 3.66. The van der Waals surface area contributed by atoms with Crippen molar-refractivity contribution in [3.63, 3.8) is 0 Å². The molecule has 0 aliphatic carbocycles. The summed E-state index contributed by atoms with van der Waals surface area (Å²) in [4.78, 5) is 2.59. The van der Waals surface area contributed by atoms with Crippen molar-refractivity contribution in [2.45, 2.75) is 52.5 Å². The Balaban J connectivity index is 2.27. The first-order chi connectivity index (χ1) is 9.10. The molecule has 19 heavy (non-hydrogen) atoms. The van der Waals surface area contributed by atoms with Crippen molar-refractivity contribution in [2.75, 3.05) is 24.5 Å². The molecule has 0 radical (unpaired) electrons. The molecule has 0 spiro atoms. The second kappa shape index (κ2) is 5.96. The van der Waals surface area contributed by atoms with Gasteiger partial charge in [-0.2, -0.15) is 0 Å². The lowest BCUT2D eigenvalue weighted by Gasteiger charge is -2.37. The summed E-state index contributed by atoms with van der Waals surface area (Å²) < 4.78 is 0. The molecule has 1 fully saturated rings. The zero-order valence-electron chi connectivity index (χ0n) is 12.9. The molecule has 0 atom stereocenters. The summed E-state index contributed by atoms with van der Waals surface area (Å²) >= 11 is 0. The van der Waals surface area contributed by atoms with Crippen molar-refractivity contribution in [3.8, 4) is 0 Å². The number of hydrogen-bond acceptors (Lipinski definition) is 2. The van der Waals surface area contributed by atoms with Crippen molar-refractivity contribution < 1.29 is 0 Å². The van der Waals surface area contributed by atoms with Crippen LogP contribution in [0.15, 0.2) is 18.2 Å². The monoisotopic (exact) mass is 260 g/mol. The van der Waals surface area contributed by atoms with E-state index in [1.165, 1.54) is 42.6 Å². The molecule has 0 bridgehead atoms. The molecule has 106 valence electrons. The van der Waals surface area contributed by atoms with Crippen molar-refractivity contribution in [1.29, 1.82) is 0 Å². The van der Waals surface area contributed by atoms with Crippen molar-refractivity contribution in [1.82, 2.24) is 5.32 Å². The maximum Gasteiger partial charge on any atom is 0.0396 e. The molecule has 0 unspecified atom stereocenters. The molecule has 2 heteroatoms. The van der Waals surface area contributed by atoms with Gasteiger partial charge in [-0.25, -0.2) is 0 Å². The van der Waals surface area contributed by atoms with Crippen LogP contribution in [0.4, 0.5) is 5.69 Å². The van der Waals surface area contributed by atoms with E-state index >= 15 is 0 Å². The van der Waals surface area contributed by atoms with Crippen LogP contribution in [0.5, 0.6) is 0 Å². The average molecular weight is 260 g/mol. The number of nitrogens with one attached hydrogen (secondary N) is 1. The second-order valence-electron chi connectivity index (χ2n) is 5.98. The third-order valence-electron chi connectivity index (χ3n) is 4.64. The van der Waals surface area contributed by atoms with E-state index in [0.29, 0.717) is 0 Å². The highest BCUT2D eigenvalue weighted by atomic mass is 15.2. The maximum absolute atomic E-state index is 3.78. The van der Waals surface area contributed by atoms with E-state index in [1.807, 2.05) is 0 Å². The van der Waals surface area contributed by atoms with E-state index in [2.05, 4.69) is 56.1 Å². The molecular formula is C17H28N2. The SMILES string of the molecule is CCC1(CC)CN(c2ccc(C)cc2C)CCCN1. The quantitative estimate of drug-likeness (QED) is 0.892. The molecule has 0 saturated carbocycles. The van der Waals surface area contributed by atoms with Crippen molar-refractivity contribution in [2.24, 2.45) is 0 Å². The van der Waals surface area contributed by atoms with Gasteiger partial charge in [-0.1, -0.05) is 31.5 Å². The van der Waals surface area contributed by atoms with Gasteiger partial charge in [-0.05, 0) is 51.3 Å². The molecule has 2 nitrogen and oxygen atoms in total. The Hall–Kier alpha value is -1.02. The van der Waals surface area contributed by atoms with Crippen molar-refractivity contribution >= 4 is 5.69 Å². The molecular weight excluding hydrogens is 232 g/mol. The fourth-order valence-electron chi connectivity index (χ4n) is 3.21. The summed E-state index contributed by atoms with van der Waals surface area (Å²) in [5.41, 5.74) is 4.46.